The van der Waals surface area contributed by atoms with E-state index in [2.05, 4.69) is 44.7 Å². The van der Waals surface area contributed by atoms with Crippen molar-refractivity contribution in [2.24, 2.45) is 0 Å². The molecular weight excluding hydrogens is 358 g/mol. The lowest BCUT2D eigenvalue weighted by atomic mass is 10.2. The Bertz CT molecular complexity index is 711. The molecule has 0 spiro atoms. The molecule has 0 bridgehead atoms. The Morgan fingerprint density at radius 3 is 2.57 bits per heavy atom. The number of H-pyrrole nitrogens is 1. The molecule has 1 fully saturated rings. The number of nitrogens with one attached hydrogen (secondary N) is 2. The van der Waals surface area contributed by atoms with Gasteiger partial charge in [-0.2, -0.15) is 5.10 Å². The van der Waals surface area contributed by atoms with Crippen molar-refractivity contribution in [1.82, 2.24) is 25.3 Å². The molecule has 0 unspecified atom stereocenters. The summed E-state index contributed by atoms with van der Waals surface area (Å²) in [6, 6.07) is 10.3. The highest BCUT2D eigenvalue weighted by Crippen LogP contribution is 2.05. The number of aromatic amines is 1. The summed E-state index contributed by atoms with van der Waals surface area (Å²) in [4.78, 5) is 24.8. The Labute approximate surface area is 164 Å². The van der Waals surface area contributed by atoms with Crippen LogP contribution in [-0.4, -0.2) is 76.9 Å². The molecule has 1 saturated heterocycles. The van der Waals surface area contributed by atoms with Crippen molar-refractivity contribution in [2.45, 2.75) is 6.42 Å². The molecule has 0 atom stereocenters. The standard InChI is InChI=1S/C19H25N5O.CH2O2/c25-19(20-9-8-18-15-21-22-16-18)24-13-11-23(12-14-24)10-4-7-17-5-2-1-3-6-17;2-1-3/h1-7,15-16H,8-14H2,(H,20,25)(H,21,22);1H,(H,2,3). The number of urea groups is 1. The first kappa shape index (κ1) is 21.2. The summed E-state index contributed by atoms with van der Waals surface area (Å²) in [7, 11) is 0. The monoisotopic (exact) mass is 385 g/mol. The second kappa shape index (κ2) is 12.3. The van der Waals surface area contributed by atoms with Gasteiger partial charge in [-0.25, -0.2) is 4.79 Å². The van der Waals surface area contributed by atoms with E-state index in [1.165, 1.54) is 5.56 Å². The molecule has 2 aromatic rings. The van der Waals surface area contributed by atoms with Crippen LogP contribution in [0, 0.1) is 0 Å². The molecule has 3 rings (SSSR count). The molecule has 0 aliphatic carbocycles. The molecule has 28 heavy (non-hydrogen) atoms. The summed E-state index contributed by atoms with van der Waals surface area (Å²) < 4.78 is 0. The molecule has 3 N–H and O–H groups in total. The molecule has 1 aromatic heterocycles. The van der Waals surface area contributed by atoms with Crippen LogP contribution >= 0.6 is 0 Å². The van der Waals surface area contributed by atoms with Crippen molar-refractivity contribution in [1.29, 1.82) is 0 Å². The maximum absolute atomic E-state index is 12.2. The fraction of sp³-hybridized carbons (Fsp3) is 0.350. The first-order chi connectivity index (χ1) is 13.7. The summed E-state index contributed by atoms with van der Waals surface area (Å²) in [5, 5.41) is 16.6. The maximum atomic E-state index is 12.2. The number of hydrogen-bond donors (Lipinski definition) is 3. The minimum absolute atomic E-state index is 0.0305. The number of carboxylic acid groups (broad SMARTS) is 1. The number of amides is 2. The van der Waals surface area contributed by atoms with E-state index in [-0.39, 0.29) is 12.5 Å². The van der Waals surface area contributed by atoms with Crippen molar-refractivity contribution in [3.8, 4) is 0 Å². The molecule has 1 aromatic carbocycles. The largest absolute Gasteiger partial charge is 0.483 e. The van der Waals surface area contributed by atoms with Crippen molar-refractivity contribution in [3.05, 3.63) is 59.9 Å². The summed E-state index contributed by atoms with van der Waals surface area (Å²) in [6.45, 7) is 4.68. The number of aromatic nitrogens is 2. The lowest BCUT2D eigenvalue weighted by molar-refractivity contribution is -0.122. The Morgan fingerprint density at radius 2 is 1.93 bits per heavy atom. The number of carbonyl (C=O) groups is 2. The average Bonchev–Trinajstić information content (AvgIpc) is 3.23. The van der Waals surface area contributed by atoms with Crippen LogP contribution in [0.3, 0.4) is 0 Å². The Morgan fingerprint density at radius 1 is 1.21 bits per heavy atom. The SMILES string of the molecule is O=C(NCCc1cn[nH]c1)N1CCN(CC=Cc2ccccc2)CC1.O=CO. The van der Waals surface area contributed by atoms with Gasteiger partial charge in [-0.3, -0.25) is 14.8 Å². The van der Waals surface area contributed by atoms with Crippen LogP contribution in [0.2, 0.25) is 0 Å². The van der Waals surface area contributed by atoms with Gasteiger partial charge in [0.1, 0.15) is 0 Å². The first-order valence-electron chi connectivity index (χ1n) is 9.25. The van der Waals surface area contributed by atoms with Crippen molar-refractivity contribution < 1.29 is 14.7 Å². The zero-order valence-corrected chi connectivity index (χ0v) is 15.8. The van der Waals surface area contributed by atoms with Gasteiger partial charge in [-0.1, -0.05) is 42.5 Å². The van der Waals surface area contributed by atoms with E-state index in [1.54, 1.807) is 6.20 Å². The van der Waals surface area contributed by atoms with E-state index >= 15 is 0 Å². The summed E-state index contributed by atoms with van der Waals surface area (Å²) in [6.07, 6.45) is 8.78. The quantitative estimate of drug-likeness (QED) is 0.657. The van der Waals surface area contributed by atoms with E-state index in [1.807, 2.05) is 29.3 Å². The Balaban J connectivity index is 0.000000878. The summed E-state index contributed by atoms with van der Waals surface area (Å²) in [5.41, 5.74) is 2.33. The molecule has 0 saturated carbocycles. The number of carbonyl (C=O) groups excluding carboxylic acids is 1. The minimum Gasteiger partial charge on any atom is -0.483 e. The third kappa shape index (κ3) is 7.63. The van der Waals surface area contributed by atoms with Crippen LogP contribution in [0.4, 0.5) is 4.79 Å². The van der Waals surface area contributed by atoms with Gasteiger partial charge in [0.05, 0.1) is 6.20 Å². The van der Waals surface area contributed by atoms with Gasteiger partial charge >= 0.3 is 6.03 Å². The van der Waals surface area contributed by atoms with Gasteiger partial charge in [0.2, 0.25) is 0 Å². The zero-order chi connectivity index (χ0) is 20.0. The van der Waals surface area contributed by atoms with Crippen LogP contribution in [0.1, 0.15) is 11.1 Å². The second-order valence-corrected chi connectivity index (χ2v) is 6.29. The molecule has 2 amide bonds. The Hall–Kier alpha value is -3.13. The highest BCUT2D eigenvalue weighted by Gasteiger charge is 2.19. The van der Waals surface area contributed by atoms with E-state index in [4.69, 9.17) is 9.90 Å². The second-order valence-electron chi connectivity index (χ2n) is 6.29. The molecule has 1 aliphatic rings. The van der Waals surface area contributed by atoms with Crippen LogP contribution < -0.4 is 5.32 Å². The number of hydrogen-bond acceptors (Lipinski definition) is 4. The van der Waals surface area contributed by atoms with Gasteiger partial charge in [0.25, 0.3) is 6.47 Å². The molecule has 8 nitrogen and oxygen atoms in total. The maximum Gasteiger partial charge on any atom is 0.317 e. The van der Waals surface area contributed by atoms with Gasteiger partial charge in [-0.05, 0) is 17.5 Å². The molecule has 150 valence electrons. The number of benzene rings is 1. The van der Waals surface area contributed by atoms with Crippen LogP contribution in [0.15, 0.2) is 48.8 Å². The van der Waals surface area contributed by atoms with Crippen molar-refractivity contribution >= 4 is 18.6 Å². The van der Waals surface area contributed by atoms with Gasteiger partial charge in [0.15, 0.2) is 0 Å². The van der Waals surface area contributed by atoms with Crippen molar-refractivity contribution in [3.63, 3.8) is 0 Å². The van der Waals surface area contributed by atoms with Gasteiger partial charge in [0, 0.05) is 45.5 Å². The van der Waals surface area contributed by atoms with Gasteiger partial charge in [-0.15, -0.1) is 0 Å². The van der Waals surface area contributed by atoms with E-state index in [0.717, 1.165) is 44.7 Å². The van der Waals surface area contributed by atoms with E-state index in [0.29, 0.717) is 6.54 Å². The van der Waals surface area contributed by atoms with Crippen LogP contribution in [-0.2, 0) is 11.2 Å². The van der Waals surface area contributed by atoms with Gasteiger partial charge < -0.3 is 15.3 Å². The van der Waals surface area contributed by atoms with Crippen LogP contribution in [0.5, 0.6) is 0 Å². The van der Waals surface area contributed by atoms with E-state index in [9.17, 15) is 4.79 Å². The molecule has 2 heterocycles. The summed E-state index contributed by atoms with van der Waals surface area (Å²) in [5.74, 6) is 0. The number of rotatable bonds is 6. The minimum atomic E-state index is -0.250. The fourth-order valence-corrected chi connectivity index (χ4v) is 2.88. The smallest absolute Gasteiger partial charge is 0.317 e. The lowest BCUT2D eigenvalue weighted by Crippen LogP contribution is -2.51. The highest BCUT2D eigenvalue weighted by atomic mass is 16.3. The van der Waals surface area contributed by atoms with E-state index < -0.39 is 0 Å². The normalized spacial score (nSPS) is 14.4. The summed E-state index contributed by atoms with van der Waals surface area (Å²) >= 11 is 0. The molecule has 8 heteroatoms. The fourth-order valence-electron chi connectivity index (χ4n) is 2.88. The topological polar surface area (TPSA) is 102 Å². The van der Waals surface area contributed by atoms with Crippen molar-refractivity contribution in [2.75, 3.05) is 39.3 Å². The molecular formula is C20H27N5O3. The number of piperazine rings is 1. The predicted molar refractivity (Wildman–Crippen MR) is 108 cm³/mol. The molecule has 0 radical (unpaired) electrons. The predicted octanol–water partition coefficient (Wildman–Crippen LogP) is 1.69. The molecule has 1 aliphatic heterocycles. The van der Waals surface area contributed by atoms with Crippen LogP contribution in [0.25, 0.3) is 6.08 Å². The third-order valence-corrected chi connectivity index (χ3v) is 4.38. The third-order valence-electron chi connectivity index (χ3n) is 4.38. The highest BCUT2D eigenvalue weighted by molar-refractivity contribution is 5.74. The first-order valence-corrected chi connectivity index (χ1v) is 9.25. The zero-order valence-electron chi connectivity index (χ0n) is 15.8. The Kier molecular flexibility index (Phi) is 9.30. The number of nitrogens with zero attached hydrogens (tertiary/aromatic N) is 3. The lowest BCUT2D eigenvalue weighted by Gasteiger charge is -2.34. The average molecular weight is 385 g/mol.